The van der Waals surface area contributed by atoms with E-state index in [4.69, 9.17) is 16.7 Å². The summed E-state index contributed by atoms with van der Waals surface area (Å²) >= 11 is 6.63. The van der Waals surface area contributed by atoms with Crippen LogP contribution < -0.4 is 5.32 Å². The number of carbonyl (C=O) groups is 1. The second-order valence-corrected chi connectivity index (χ2v) is 12.2. The normalized spacial score (nSPS) is 11.5. The van der Waals surface area contributed by atoms with Gasteiger partial charge in [0.2, 0.25) is 0 Å². The fourth-order valence-corrected chi connectivity index (χ4v) is 6.71. The molecule has 0 aliphatic carbocycles. The molecule has 4 aromatic carbocycles. The molecule has 242 valence electrons. The highest BCUT2D eigenvalue weighted by atomic mass is 35.5. The number of nitrogens with one attached hydrogen (secondary N) is 1. The van der Waals surface area contributed by atoms with Crippen LogP contribution in [0.4, 0.5) is 10.2 Å². The highest BCUT2D eigenvalue weighted by Gasteiger charge is 2.39. The molecular weight excluding hydrogens is 647 g/mol. The van der Waals surface area contributed by atoms with Crippen LogP contribution in [0.15, 0.2) is 164 Å². The predicted octanol–water partition coefficient (Wildman–Crippen LogP) is 9.14. The number of amides is 1. The summed E-state index contributed by atoms with van der Waals surface area (Å²) in [7, 11) is 0. The van der Waals surface area contributed by atoms with Crippen LogP contribution in [0.5, 0.6) is 0 Å². The van der Waals surface area contributed by atoms with Gasteiger partial charge in [0.25, 0.3) is 5.91 Å². The van der Waals surface area contributed by atoms with Crippen LogP contribution in [0.2, 0.25) is 5.02 Å². The molecule has 50 heavy (non-hydrogen) atoms. The molecule has 0 unspecified atom stereocenters. The summed E-state index contributed by atoms with van der Waals surface area (Å²) in [6.45, 7) is 0. The van der Waals surface area contributed by atoms with Crippen molar-refractivity contribution in [3.8, 4) is 22.4 Å². The van der Waals surface area contributed by atoms with Crippen molar-refractivity contribution >= 4 is 29.0 Å². The molecule has 1 amide bonds. The van der Waals surface area contributed by atoms with Crippen LogP contribution in [0.3, 0.4) is 0 Å². The molecule has 7 nitrogen and oxygen atoms in total. The number of carbonyl (C=O) groups excluding carboxylic acids is 1. The summed E-state index contributed by atoms with van der Waals surface area (Å²) in [4.78, 5) is 21.4. The van der Waals surface area contributed by atoms with Crippen LogP contribution in [0.25, 0.3) is 28.0 Å². The number of hydrogen-bond acceptors (Lipinski definition) is 4. The Labute approximate surface area is 292 Å². The number of benzene rings is 4. The van der Waals surface area contributed by atoms with E-state index in [1.54, 1.807) is 18.3 Å². The van der Waals surface area contributed by atoms with Crippen LogP contribution in [0.1, 0.15) is 27.0 Å². The third kappa shape index (κ3) is 5.51. The number of fused-ring (bicyclic) bond motifs is 1. The molecule has 0 saturated carbocycles. The average Bonchev–Trinajstić information content (AvgIpc) is 3.82. The third-order valence-corrected chi connectivity index (χ3v) is 9.13. The van der Waals surface area contributed by atoms with Gasteiger partial charge < -0.3 is 5.32 Å². The Morgan fingerprint density at radius 3 is 1.90 bits per heavy atom. The molecule has 4 heterocycles. The average molecular weight is 675 g/mol. The van der Waals surface area contributed by atoms with E-state index in [0.29, 0.717) is 0 Å². The highest BCUT2D eigenvalue weighted by Crippen LogP contribution is 2.41. The lowest BCUT2D eigenvalue weighted by molar-refractivity contribution is 0.102. The standard InChI is InChI=1S/C41H28ClFN6O/c42-36-22-28(16-19-35(36)40(50)47-38-20-18-34(43)24-44-38)37-25-45-39-21-17-29(26-48(37)39)30-23-46-49(27-30)41(31-10-4-1-5-11-31,32-12-6-2-7-13-32)33-14-8-3-9-15-33/h1-27H,(H,44,47,50). The van der Waals surface area contributed by atoms with Gasteiger partial charge in [0.05, 0.1) is 34.9 Å². The Balaban J connectivity index is 1.18. The summed E-state index contributed by atoms with van der Waals surface area (Å²) in [5.74, 6) is -0.714. The molecule has 0 atom stereocenters. The van der Waals surface area contributed by atoms with Gasteiger partial charge in [-0.3, -0.25) is 13.9 Å². The van der Waals surface area contributed by atoms with Gasteiger partial charge in [0.1, 0.15) is 22.8 Å². The van der Waals surface area contributed by atoms with Crippen molar-refractivity contribution in [3.63, 3.8) is 0 Å². The van der Waals surface area contributed by atoms with Crippen LogP contribution in [-0.2, 0) is 5.54 Å². The summed E-state index contributed by atoms with van der Waals surface area (Å²) in [5.41, 5.74) is 7.00. The SMILES string of the molecule is O=C(Nc1ccc(F)cn1)c1ccc(-c2cnc3ccc(-c4cnn(C(c5ccccc5)(c5ccccc5)c5ccccc5)c4)cn23)cc1Cl. The second-order valence-electron chi connectivity index (χ2n) is 11.8. The van der Waals surface area contributed by atoms with Crippen molar-refractivity contribution in [1.82, 2.24) is 24.1 Å². The maximum Gasteiger partial charge on any atom is 0.258 e. The van der Waals surface area contributed by atoms with Crippen molar-refractivity contribution in [3.05, 3.63) is 198 Å². The molecule has 0 aliphatic heterocycles. The summed E-state index contributed by atoms with van der Waals surface area (Å²) in [6, 6.07) is 43.1. The van der Waals surface area contributed by atoms with E-state index in [0.717, 1.165) is 50.9 Å². The first-order chi connectivity index (χ1) is 24.5. The van der Waals surface area contributed by atoms with Crippen molar-refractivity contribution in [1.29, 1.82) is 0 Å². The minimum absolute atomic E-state index is 0.225. The number of rotatable bonds is 8. The zero-order valence-electron chi connectivity index (χ0n) is 26.5. The molecule has 0 bridgehead atoms. The molecular formula is C41H28ClFN6O. The summed E-state index contributed by atoms with van der Waals surface area (Å²) < 4.78 is 17.3. The summed E-state index contributed by atoms with van der Waals surface area (Å²) in [6.07, 6.45) is 8.83. The number of hydrogen-bond donors (Lipinski definition) is 1. The lowest BCUT2D eigenvalue weighted by atomic mass is 9.77. The lowest BCUT2D eigenvalue weighted by Crippen LogP contribution is -2.38. The first-order valence-corrected chi connectivity index (χ1v) is 16.3. The molecule has 1 N–H and O–H groups in total. The molecule has 0 aliphatic rings. The van der Waals surface area contributed by atoms with Gasteiger partial charge >= 0.3 is 0 Å². The van der Waals surface area contributed by atoms with Gasteiger partial charge in [-0.1, -0.05) is 109 Å². The quantitative estimate of drug-likeness (QED) is 0.163. The van der Waals surface area contributed by atoms with Crippen LogP contribution in [-0.4, -0.2) is 30.1 Å². The van der Waals surface area contributed by atoms with Gasteiger partial charge in [-0.15, -0.1) is 0 Å². The molecule has 8 aromatic rings. The molecule has 0 radical (unpaired) electrons. The smallest absolute Gasteiger partial charge is 0.258 e. The zero-order valence-corrected chi connectivity index (χ0v) is 27.2. The topological polar surface area (TPSA) is 77.1 Å². The van der Waals surface area contributed by atoms with E-state index in [9.17, 15) is 9.18 Å². The number of anilines is 1. The zero-order chi connectivity index (χ0) is 34.1. The van der Waals surface area contributed by atoms with E-state index in [1.165, 1.54) is 12.1 Å². The van der Waals surface area contributed by atoms with Crippen molar-refractivity contribution < 1.29 is 9.18 Å². The summed E-state index contributed by atoms with van der Waals surface area (Å²) in [5, 5.41) is 7.94. The van der Waals surface area contributed by atoms with Crippen LogP contribution >= 0.6 is 11.6 Å². The molecule has 4 aromatic heterocycles. The Morgan fingerprint density at radius 1 is 0.660 bits per heavy atom. The minimum Gasteiger partial charge on any atom is -0.307 e. The maximum atomic E-state index is 13.3. The van der Waals surface area contributed by atoms with E-state index >= 15 is 0 Å². The predicted molar refractivity (Wildman–Crippen MR) is 194 cm³/mol. The van der Waals surface area contributed by atoms with Gasteiger partial charge in [-0.2, -0.15) is 5.10 Å². The number of imidazole rings is 1. The monoisotopic (exact) mass is 674 g/mol. The Hall–Kier alpha value is -6.38. The Kier molecular flexibility index (Phi) is 7.98. The lowest BCUT2D eigenvalue weighted by Gasteiger charge is -2.36. The first kappa shape index (κ1) is 30.9. The Morgan fingerprint density at radius 2 is 1.30 bits per heavy atom. The fourth-order valence-electron chi connectivity index (χ4n) is 6.45. The Bertz CT molecular complexity index is 2350. The molecule has 9 heteroatoms. The van der Waals surface area contributed by atoms with E-state index in [2.05, 4.69) is 94.3 Å². The molecule has 0 saturated heterocycles. The molecule has 8 rings (SSSR count). The second kappa shape index (κ2) is 12.9. The first-order valence-electron chi connectivity index (χ1n) is 15.9. The largest absolute Gasteiger partial charge is 0.307 e. The van der Waals surface area contributed by atoms with E-state index < -0.39 is 17.3 Å². The highest BCUT2D eigenvalue weighted by molar-refractivity contribution is 6.34. The van der Waals surface area contributed by atoms with E-state index in [-0.39, 0.29) is 16.4 Å². The van der Waals surface area contributed by atoms with Crippen molar-refractivity contribution in [2.75, 3.05) is 5.32 Å². The van der Waals surface area contributed by atoms with E-state index in [1.807, 2.05) is 57.9 Å². The minimum atomic E-state index is -0.732. The number of halogens is 2. The van der Waals surface area contributed by atoms with Gasteiger partial charge in [0.15, 0.2) is 0 Å². The maximum absolute atomic E-state index is 13.3. The van der Waals surface area contributed by atoms with Gasteiger partial charge in [-0.25, -0.2) is 14.4 Å². The molecule has 0 spiro atoms. The van der Waals surface area contributed by atoms with Gasteiger partial charge in [-0.05, 0) is 53.1 Å². The number of pyridine rings is 2. The fraction of sp³-hybridized carbons (Fsp3) is 0.0244. The third-order valence-electron chi connectivity index (χ3n) is 8.82. The van der Waals surface area contributed by atoms with Gasteiger partial charge in [0, 0.05) is 29.1 Å². The van der Waals surface area contributed by atoms with Crippen molar-refractivity contribution in [2.45, 2.75) is 5.54 Å². The number of aromatic nitrogens is 5. The molecule has 0 fully saturated rings. The van der Waals surface area contributed by atoms with Crippen molar-refractivity contribution in [2.24, 2.45) is 0 Å². The van der Waals surface area contributed by atoms with Crippen LogP contribution in [0, 0.1) is 5.82 Å². The number of nitrogens with zero attached hydrogens (tertiary/aromatic N) is 5.